The topological polar surface area (TPSA) is 43.1 Å². The summed E-state index contributed by atoms with van der Waals surface area (Å²) in [5, 5.41) is 0.508. The maximum absolute atomic E-state index is 13.0. The largest absolute Gasteiger partial charge is 0.399 e. The van der Waals surface area contributed by atoms with Gasteiger partial charge in [0.05, 0.1) is 16.6 Å². The SMILES string of the molecule is Nc1ccc(Cl)c(CS(=O)c2cccc(F)c2)c1. The van der Waals surface area contributed by atoms with Gasteiger partial charge < -0.3 is 5.73 Å². The van der Waals surface area contributed by atoms with Gasteiger partial charge in [0.15, 0.2) is 0 Å². The van der Waals surface area contributed by atoms with Gasteiger partial charge in [-0.1, -0.05) is 17.7 Å². The lowest BCUT2D eigenvalue weighted by molar-refractivity contribution is 0.622. The van der Waals surface area contributed by atoms with E-state index in [1.54, 1.807) is 24.3 Å². The second kappa shape index (κ2) is 5.50. The Morgan fingerprint density at radius 3 is 2.72 bits per heavy atom. The average molecular weight is 284 g/mol. The number of hydrogen-bond acceptors (Lipinski definition) is 2. The summed E-state index contributed by atoms with van der Waals surface area (Å²) in [7, 11) is -1.34. The highest BCUT2D eigenvalue weighted by atomic mass is 35.5. The second-order valence-corrected chi connectivity index (χ2v) is 5.66. The highest BCUT2D eigenvalue weighted by Gasteiger charge is 2.09. The smallest absolute Gasteiger partial charge is 0.124 e. The highest BCUT2D eigenvalue weighted by Crippen LogP contribution is 2.22. The van der Waals surface area contributed by atoms with Crippen LogP contribution in [-0.2, 0) is 16.6 Å². The fourth-order valence-corrected chi connectivity index (χ4v) is 2.96. The van der Waals surface area contributed by atoms with Gasteiger partial charge in [-0.2, -0.15) is 0 Å². The number of hydrogen-bond donors (Lipinski definition) is 1. The molecule has 18 heavy (non-hydrogen) atoms. The molecule has 1 atom stereocenters. The predicted molar refractivity (Wildman–Crippen MR) is 72.4 cm³/mol. The first-order valence-electron chi connectivity index (χ1n) is 5.24. The Morgan fingerprint density at radius 2 is 2.00 bits per heavy atom. The van der Waals surface area contributed by atoms with E-state index in [1.165, 1.54) is 18.2 Å². The summed E-state index contributed by atoms with van der Waals surface area (Å²) in [5.41, 5.74) is 6.90. The molecular weight excluding hydrogens is 273 g/mol. The number of nitrogen functional groups attached to an aromatic ring is 1. The first-order chi connectivity index (χ1) is 8.56. The summed E-state index contributed by atoms with van der Waals surface area (Å²) in [6.45, 7) is 0. The minimum Gasteiger partial charge on any atom is -0.399 e. The van der Waals surface area contributed by atoms with Crippen LogP contribution in [0.15, 0.2) is 47.4 Å². The molecule has 0 amide bonds. The molecule has 0 saturated heterocycles. The van der Waals surface area contributed by atoms with Gasteiger partial charge in [-0.05, 0) is 42.0 Å². The molecule has 1 unspecified atom stereocenters. The van der Waals surface area contributed by atoms with Gasteiger partial charge >= 0.3 is 0 Å². The Morgan fingerprint density at radius 1 is 1.22 bits per heavy atom. The summed E-state index contributed by atoms with van der Waals surface area (Å²) < 4.78 is 25.1. The lowest BCUT2D eigenvalue weighted by atomic mass is 10.2. The van der Waals surface area contributed by atoms with Gasteiger partial charge in [-0.15, -0.1) is 0 Å². The first-order valence-corrected chi connectivity index (χ1v) is 6.94. The normalized spacial score (nSPS) is 12.3. The van der Waals surface area contributed by atoms with E-state index in [1.807, 2.05) is 0 Å². The van der Waals surface area contributed by atoms with Crippen molar-refractivity contribution in [3.63, 3.8) is 0 Å². The average Bonchev–Trinajstić information content (AvgIpc) is 2.34. The molecule has 0 aliphatic carbocycles. The van der Waals surface area contributed by atoms with Crippen LogP contribution in [0.25, 0.3) is 0 Å². The van der Waals surface area contributed by atoms with Crippen molar-refractivity contribution < 1.29 is 8.60 Å². The van der Waals surface area contributed by atoms with E-state index in [4.69, 9.17) is 17.3 Å². The lowest BCUT2D eigenvalue weighted by Crippen LogP contribution is -1.99. The lowest BCUT2D eigenvalue weighted by Gasteiger charge is -2.06. The molecule has 0 aliphatic heterocycles. The molecule has 0 heterocycles. The molecule has 0 bridgehead atoms. The third kappa shape index (κ3) is 3.09. The Labute approximate surface area is 112 Å². The van der Waals surface area contributed by atoms with E-state index in [2.05, 4.69) is 0 Å². The predicted octanol–water partition coefficient (Wildman–Crippen LogP) is 3.37. The van der Waals surface area contributed by atoms with Crippen LogP contribution in [0.5, 0.6) is 0 Å². The van der Waals surface area contributed by atoms with Gasteiger partial charge in [-0.3, -0.25) is 4.21 Å². The van der Waals surface area contributed by atoms with E-state index in [9.17, 15) is 8.60 Å². The van der Waals surface area contributed by atoms with Gasteiger partial charge in [0.2, 0.25) is 0 Å². The molecule has 2 rings (SSSR count). The van der Waals surface area contributed by atoms with Crippen molar-refractivity contribution >= 4 is 28.1 Å². The molecule has 2 aromatic rings. The summed E-state index contributed by atoms with van der Waals surface area (Å²) in [5.74, 6) is -0.188. The molecule has 0 radical (unpaired) electrons. The monoisotopic (exact) mass is 283 g/mol. The van der Waals surface area contributed by atoms with Crippen molar-refractivity contribution in [3.8, 4) is 0 Å². The van der Waals surface area contributed by atoms with Crippen LogP contribution in [0.3, 0.4) is 0 Å². The van der Waals surface area contributed by atoms with Crippen LogP contribution < -0.4 is 5.73 Å². The Bertz CT molecular complexity index is 603. The molecule has 94 valence electrons. The zero-order valence-corrected chi connectivity index (χ0v) is 11.0. The minimum atomic E-state index is -1.34. The van der Waals surface area contributed by atoms with Gasteiger partial charge in [0, 0.05) is 15.6 Å². The second-order valence-electron chi connectivity index (χ2n) is 3.80. The molecule has 2 N–H and O–H groups in total. The van der Waals surface area contributed by atoms with Crippen LogP contribution in [0.2, 0.25) is 5.02 Å². The molecule has 0 aliphatic rings. The summed E-state index contributed by atoms with van der Waals surface area (Å²) in [4.78, 5) is 0.438. The van der Waals surface area contributed by atoms with E-state index >= 15 is 0 Å². The van der Waals surface area contributed by atoms with Crippen molar-refractivity contribution in [2.45, 2.75) is 10.6 Å². The third-order valence-corrected chi connectivity index (χ3v) is 4.14. The molecule has 0 spiro atoms. The van der Waals surface area contributed by atoms with E-state index in [0.717, 1.165) is 0 Å². The van der Waals surface area contributed by atoms with Crippen LogP contribution in [0.4, 0.5) is 10.1 Å². The van der Waals surface area contributed by atoms with Gasteiger partial charge in [-0.25, -0.2) is 4.39 Å². The molecule has 0 fully saturated rings. The van der Waals surface area contributed by atoms with Gasteiger partial charge in [0.1, 0.15) is 5.82 Å². The summed E-state index contributed by atoms with van der Waals surface area (Å²) in [6, 6.07) is 10.7. The third-order valence-electron chi connectivity index (χ3n) is 2.42. The van der Waals surface area contributed by atoms with Crippen molar-refractivity contribution in [2.75, 3.05) is 5.73 Å². The van der Waals surface area contributed by atoms with Crippen LogP contribution in [-0.4, -0.2) is 4.21 Å². The van der Waals surface area contributed by atoms with Crippen molar-refractivity contribution in [2.24, 2.45) is 0 Å². The maximum atomic E-state index is 13.0. The van der Waals surface area contributed by atoms with E-state index in [-0.39, 0.29) is 5.75 Å². The Balaban J connectivity index is 2.24. The zero-order valence-electron chi connectivity index (χ0n) is 9.40. The highest BCUT2D eigenvalue weighted by molar-refractivity contribution is 7.84. The molecular formula is C13H11ClFNOS. The number of nitrogens with two attached hydrogens (primary N) is 1. The fraction of sp³-hybridized carbons (Fsp3) is 0.0769. The number of halogens is 2. The standard InChI is InChI=1S/C13H11ClFNOS/c14-13-5-4-11(16)6-9(13)8-18(17)12-3-1-2-10(15)7-12/h1-7H,8,16H2. The number of benzene rings is 2. The summed E-state index contributed by atoms with van der Waals surface area (Å²) >= 11 is 5.99. The van der Waals surface area contributed by atoms with Crippen LogP contribution >= 0.6 is 11.6 Å². The Hall–Kier alpha value is -1.39. The molecule has 0 saturated carbocycles. The Kier molecular flexibility index (Phi) is 3.99. The van der Waals surface area contributed by atoms with Crippen molar-refractivity contribution in [3.05, 3.63) is 58.9 Å². The first kappa shape index (κ1) is 13.1. The van der Waals surface area contributed by atoms with Gasteiger partial charge in [0.25, 0.3) is 0 Å². The molecule has 2 nitrogen and oxygen atoms in total. The van der Waals surface area contributed by atoms with Crippen LogP contribution in [0.1, 0.15) is 5.56 Å². The minimum absolute atomic E-state index is 0.216. The molecule has 5 heteroatoms. The number of anilines is 1. The van der Waals surface area contributed by atoms with Crippen molar-refractivity contribution in [1.29, 1.82) is 0 Å². The number of rotatable bonds is 3. The van der Waals surface area contributed by atoms with E-state index in [0.29, 0.717) is 21.2 Å². The van der Waals surface area contributed by atoms with Crippen LogP contribution in [0, 0.1) is 5.82 Å². The zero-order chi connectivity index (χ0) is 13.1. The summed E-state index contributed by atoms with van der Waals surface area (Å²) in [6.07, 6.45) is 0. The maximum Gasteiger partial charge on any atom is 0.124 e. The molecule has 0 aromatic heterocycles. The molecule has 2 aromatic carbocycles. The van der Waals surface area contributed by atoms with Crippen molar-refractivity contribution in [1.82, 2.24) is 0 Å². The van der Waals surface area contributed by atoms with E-state index < -0.39 is 16.6 Å². The quantitative estimate of drug-likeness (QED) is 0.878. The fourth-order valence-electron chi connectivity index (χ4n) is 1.54.